The normalized spacial score (nSPS) is 19.8. The standard InChI is InChI=1S/C8H11N3O2S2/c9-8(6(12)13,5-1-2-5)3-14-7-10-4-11-15-7/h4-5H,1-3,9H2,(H,12,13). The minimum Gasteiger partial charge on any atom is -0.480 e. The highest BCUT2D eigenvalue weighted by molar-refractivity contribution is 8.01. The number of nitrogens with two attached hydrogens (primary N) is 1. The van der Waals surface area contributed by atoms with E-state index in [1.54, 1.807) is 0 Å². The van der Waals surface area contributed by atoms with E-state index < -0.39 is 11.5 Å². The van der Waals surface area contributed by atoms with Crippen LogP contribution in [0.5, 0.6) is 0 Å². The van der Waals surface area contributed by atoms with E-state index in [0.717, 1.165) is 17.2 Å². The van der Waals surface area contributed by atoms with E-state index >= 15 is 0 Å². The third-order valence-corrected chi connectivity index (χ3v) is 4.49. The van der Waals surface area contributed by atoms with Crippen LogP contribution in [0, 0.1) is 5.92 Å². The topological polar surface area (TPSA) is 89.1 Å². The molecule has 82 valence electrons. The number of hydrogen-bond donors (Lipinski definition) is 2. The van der Waals surface area contributed by atoms with Gasteiger partial charge in [-0.1, -0.05) is 11.8 Å². The Kier molecular flexibility index (Phi) is 2.94. The van der Waals surface area contributed by atoms with Crippen molar-refractivity contribution >= 4 is 29.3 Å². The highest BCUT2D eigenvalue weighted by atomic mass is 32.2. The Morgan fingerprint density at radius 1 is 1.80 bits per heavy atom. The van der Waals surface area contributed by atoms with Crippen LogP contribution < -0.4 is 5.73 Å². The van der Waals surface area contributed by atoms with Crippen molar-refractivity contribution in [1.29, 1.82) is 0 Å². The molecule has 3 N–H and O–H groups in total. The van der Waals surface area contributed by atoms with Crippen molar-refractivity contribution in [3.63, 3.8) is 0 Å². The Labute approximate surface area is 95.3 Å². The van der Waals surface area contributed by atoms with Crippen molar-refractivity contribution in [2.45, 2.75) is 22.7 Å². The van der Waals surface area contributed by atoms with Gasteiger partial charge in [-0.15, -0.1) is 0 Å². The lowest BCUT2D eigenvalue weighted by molar-refractivity contribution is -0.143. The first kappa shape index (κ1) is 10.8. The molecule has 1 aliphatic carbocycles. The van der Waals surface area contributed by atoms with Gasteiger partial charge in [-0.05, 0) is 30.3 Å². The lowest BCUT2D eigenvalue weighted by atomic mass is 9.98. The summed E-state index contributed by atoms with van der Waals surface area (Å²) in [4.78, 5) is 15.1. The number of carbonyl (C=O) groups is 1. The lowest BCUT2D eigenvalue weighted by Crippen LogP contribution is -2.52. The zero-order chi connectivity index (χ0) is 10.9. The van der Waals surface area contributed by atoms with E-state index in [9.17, 15) is 4.79 Å². The summed E-state index contributed by atoms with van der Waals surface area (Å²) >= 11 is 2.63. The summed E-state index contributed by atoms with van der Waals surface area (Å²) in [6, 6.07) is 0. The quantitative estimate of drug-likeness (QED) is 0.747. The summed E-state index contributed by atoms with van der Waals surface area (Å²) in [7, 11) is 0. The molecule has 1 aromatic rings. The van der Waals surface area contributed by atoms with Crippen molar-refractivity contribution in [2.24, 2.45) is 11.7 Å². The van der Waals surface area contributed by atoms with Crippen molar-refractivity contribution in [2.75, 3.05) is 5.75 Å². The molecule has 0 saturated heterocycles. The van der Waals surface area contributed by atoms with Gasteiger partial charge in [-0.3, -0.25) is 4.79 Å². The summed E-state index contributed by atoms with van der Waals surface area (Å²) < 4.78 is 4.62. The molecule has 7 heteroatoms. The van der Waals surface area contributed by atoms with Gasteiger partial charge < -0.3 is 10.8 Å². The maximum Gasteiger partial charge on any atom is 0.324 e. The molecule has 1 aromatic heterocycles. The average molecular weight is 245 g/mol. The molecular formula is C8H11N3O2S2. The van der Waals surface area contributed by atoms with Gasteiger partial charge in [-0.25, -0.2) is 4.98 Å². The maximum atomic E-state index is 11.1. The van der Waals surface area contributed by atoms with Gasteiger partial charge >= 0.3 is 5.97 Å². The van der Waals surface area contributed by atoms with Crippen molar-refractivity contribution in [3.05, 3.63) is 6.33 Å². The maximum absolute atomic E-state index is 11.1. The first-order valence-corrected chi connectivity index (χ1v) is 6.30. The van der Waals surface area contributed by atoms with E-state index in [0.29, 0.717) is 5.75 Å². The molecule has 1 aliphatic rings. The van der Waals surface area contributed by atoms with Gasteiger partial charge in [0.1, 0.15) is 11.9 Å². The molecule has 15 heavy (non-hydrogen) atoms. The van der Waals surface area contributed by atoms with E-state index in [2.05, 4.69) is 9.36 Å². The molecule has 0 aliphatic heterocycles. The first-order valence-electron chi connectivity index (χ1n) is 4.54. The molecule has 2 rings (SSSR count). The molecule has 1 atom stereocenters. The van der Waals surface area contributed by atoms with Crippen LogP contribution in [0.1, 0.15) is 12.8 Å². The van der Waals surface area contributed by atoms with Gasteiger partial charge in [0.25, 0.3) is 0 Å². The van der Waals surface area contributed by atoms with Gasteiger partial charge in [-0.2, -0.15) is 4.37 Å². The lowest BCUT2D eigenvalue weighted by Gasteiger charge is -2.23. The van der Waals surface area contributed by atoms with Crippen LogP contribution in [0.4, 0.5) is 0 Å². The number of thioether (sulfide) groups is 1. The Morgan fingerprint density at radius 2 is 2.53 bits per heavy atom. The van der Waals surface area contributed by atoms with Crippen LogP contribution in [0.25, 0.3) is 0 Å². The van der Waals surface area contributed by atoms with Crippen molar-refractivity contribution in [1.82, 2.24) is 9.36 Å². The number of carboxylic acids is 1. The van der Waals surface area contributed by atoms with Crippen LogP contribution in [0.3, 0.4) is 0 Å². The fourth-order valence-corrected chi connectivity index (χ4v) is 3.00. The third kappa shape index (κ3) is 2.30. The zero-order valence-corrected chi connectivity index (χ0v) is 9.55. The number of rotatable bonds is 5. The van der Waals surface area contributed by atoms with Gasteiger partial charge in [0, 0.05) is 5.75 Å². The molecule has 0 spiro atoms. The second kappa shape index (κ2) is 4.07. The molecule has 1 unspecified atom stereocenters. The second-order valence-corrected chi connectivity index (χ2v) is 5.62. The molecule has 0 amide bonds. The summed E-state index contributed by atoms with van der Waals surface area (Å²) in [5.74, 6) is -0.431. The van der Waals surface area contributed by atoms with E-state index in [-0.39, 0.29) is 5.92 Å². The van der Waals surface area contributed by atoms with Gasteiger partial charge in [0.15, 0.2) is 4.34 Å². The first-order chi connectivity index (χ1) is 7.13. The predicted molar refractivity (Wildman–Crippen MR) is 57.9 cm³/mol. The monoisotopic (exact) mass is 245 g/mol. The molecule has 5 nitrogen and oxygen atoms in total. The van der Waals surface area contributed by atoms with Gasteiger partial charge in [0.05, 0.1) is 0 Å². The SMILES string of the molecule is NC(CSc1ncns1)(C(=O)O)C1CC1. The Bertz CT molecular complexity index is 353. The Balaban J connectivity index is 1.98. The third-order valence-electron chi connectivity index (χ3n) is 2.48. The van der Waals surface area contributed by atoms with Crippen LogP contribution in [-0.2, 0) is 4.79 Å². The zero-order valence-electron chi connectivity index (χ0n) is 7.92. The number of hydrogen-bond acceptors (Lipinski definition) is 6. The van der Waals surface area contributed by atoms with E-state index in [1.165, 1.54) is 29.6 Å². The van der Waals surface area contributed by atoms with Crippen LogP contribution in [-0.4, -0.2) is 31.7 Å². The predicted octanol–water partition coefficient (Wildman–Crippen LogP) is 0.822. The summed E-state index contributed by atoms with van der Waals surface area (Å²) in [5.41, 5.74) is 4.80. The van der Waals surface area contributed by atoms with Crippen molar-refractivity contribution in [3.8, 4) is 0 Å². The van der Waals surface area contributed by atoms with Crippen LogP contribution in [0.15, 0.2) is 10.7 Å². The number of nitrogens with zero attached hydrogens (tertiary/aromatic N) is 2. The molecule has 1 fully saturated rings. The average Bonchev–Trinajstić information content (AvgIpc) is 2.93. The molecule has 0 aromatic carbocycles. The van der Waals surface area contributed by atoms with E-state index in [1.807, 2.05) is 0 Å². The molecule has 1 saturated carbocycles. The summed E-state index contributed by atoms with van der Waals surface area (Å²) in [5, 5.41) is 9.10. The minimum absolute atomic E-state index is 0.121. The molecule has 1 heterocycles. The summed E-state index contributed by atoms with van der Waals surface area (Å²) in [6.07, 6.45) is 3.29. The summed E-state index contributed by atoms with van der Waals surface area (Å²) in [6.45, 7) is 0. The van der Waals surface area contributed by atoms with E-state index in [4.69, 9.17) is 10.8 Å². The number of aliphatic carboxylic acids is 1. The molecule has 0 radical (unpaired) electrons. The number of carboxylic acid groups (broad SMARTS) is 1. The van der Waals surface area contributed by atoms with Gasteiger partial charge in [0.2, 0.25) is 0 Å². The highest BCUT2D eigenvalue weighted by Crippen LogP contribution is 2.41. The highest BCUT2D eigenvalue weighted by Gasteiger charge is 2.48. The second-order valence-electron chi connectivity index (χ2n) is 3.62. The largest absolute Gasteiger partial charge is 0.480 e. The van der Waals surface area contributed by atoms with Crippen LogP contribution >= 0.6 is 23.3 Å². The fraction of sp³-hybridized carbons (Fsp3) is 0.625. The number of aromatic nitrogens is 2. The minimum atomic E-state index is -1.10. The fourth-order valence-electron chi connectivity index (χ4n) is 1.36. The Morgan fingerprint density at radius 3 is 3.00 bits per heavy atom. The van der Waals surface area contributed by atoms with Crippen molar-refractivity contribution < 1.29 is 9.90 Å². The van der Waals surface area contributed by atoms with Crippen LogP contribution in [0.2, 0.25) is 0 Å². The molecule has 0 bridgehead atoms. The Hall–Kier alpha value is -0.660. The molecular weight excluding hydrogens is 234 g/mol. The smallest absolute Gasteiger partial charge is 0.324 e.